The monoisotopic (exact) mass is 204 g/mol. The molecule has 0 radical (unpaired) electrons. The van der Waals surface area contributed by atoms with E-state index in [9.17, 15) is 4.79 Å². The summed E-state index contributed by atoms with van der Waals surface area (Å²) in [4.78, 5) is 11.7. The van der Waals surface area contributed by atoms with Crippen LogP contribution in [0.5, 0.6) is 0 Å². The summed E-state index contributed by atoms with van der Waals surface area (Å²) in [6.07, 6.45) is 7.39. The zero-order valence-electron chi connectivity index (χ0n) is 10.1. The highest BCUT2D eigenvalue weighted by Crippen LogP contribution is 2.50. The lowest BCUT2D eigenvalue weighted by molar-refractivity contribution is -0.122. The van der Waals surface area contributed by atoms with Crippen LogP contribution in [0.25, 0.3) is 0 Å². The van der Waals surface area contributed by atoms with Crippen molar-refractivity contribution in [2.24, 2.45) is 23.2 Å². The van der Waals surface area contributed by atoms with E-state index in [0.29, 0.717) is 17.6 Å². The fourth-order valence-corrected chi connectivity index (χ4v) is 3.18. The molecule has 1 nitrogen and oxygen atoms in total. The van der Waals surface area contributed by atoms with Crippen molar-refractivity contribution in [3.05, 3.63) is 23.8 Å². The Morgan fingerprint density at radius 3 is 2.73 bits per heavy atom. The zero-order valence-corrected chi connectivity index (χ0v) is 10.1. The molecule has 0 spiro atoms. The van der Waals surface area contributed by atoms with Crippen LogP contribution in [0.3, 0.4) is 0 Å². The van der Waals surface area contributed by atoms with Crippen LogP contribution in [-0.2, 0) is 4.79 Å². The second-order valence-electron chi connectivity index (χ2n) is 5.50. The van der Waals surface area contributed by atoms with E-state index in [1.807, 2.05) is 0 Å². The van der Waals surface area contributed by atoms with Gasteiger partial charge < -0.3 is 0 Å². The van der Waals surface area contributed by atoms with Crippen molar-refractivity contribution in [2.45, 2.75) is 34.1 Å². The van der Waals surface area contributed by atoms with Crippen molar-refractivity contribution < 1.29 is 4.79 Å². The molecule has 4 atom stereocenters. The van der Waals surface area contributed by atoms with Crippen LogP contribution in [0.1, 0.15) is 34.1 Å². The third-order valence-electron chi connectivity index (χ3n) is 4.52. The van der Waals surface area contributed by atoms with Gasteiger partial charge in [-0.15, -0.1) is 0 Å². The Labute approximate surface area is 92.3 Å². The van der Waals surface area contributed by atoms with Gasteiger partial charge in [0.1, 0.15) is 0 Å². The average molecular weight is 204 g/mol. The van der Waals surface area contributed by atoms with Crippen LogP contribution >= 0.6 is 0 Å². The molecule has 2 aliphatic carbocycles. The number of hydrogen-bond donors (Lipinski definition) is 0. The van der Waals surface area contributed by atoms with E-state index >= 15 is 0 Å². The molecule has 2 aliphatic rings. The maximum Gasteiger partial charge on any atom is 0.158 e. The first-order valence-electron chi connectivity index (χ1n) is 5.85. The van der Waals surface area contributed by atoms with E-state index < -0.39 is 0 Å². The Kier molecular flexibility index (Phi) is 2.37. The van der Waals surface area contributed by atoms with Gasteiger partial charge in [-0.2, -0.15) is 0 Å². The largest absolute Gasteiger partial charge is 0.295 e. The number of fused-ring (bicyclic) bond motifs is 1. The Morgan fingerprint density at radius 1 is 1.40 bits per heavy atom. The first-order chi connectivity index (χ1) is 6.95. The lowest BCUT2D eigenvalue weighted by Gasteiger charge is -2.47. The highest BCUT2D eigenvalue weighted by atomic mass is 16.1. The van der Waals surface area contributed by atoms with Crippen molar-refractivity contribution >= 4 is 5.78 Å². The summed E-state index contributed by atoms with van der Waals surface area (Å²) in [6.45, 7) is 8.83. The Balaban J connectivity index is 2.45. The summed E-state index contributed by atoms with van der Waals surface area (Å²) in [5, 5.41) is 0. The third kappa shape index (κ3) is 1.49. The van der Waals surface area contributed by atoms with Crippen LogP contribution in [0, 0.1) is 23.2 Å². The van der Waals surface area contributed by atoms with Gasteiger partial charge in [-0.1, -0.05) is 38.5 Å². The molecule has 2 rings (SSSR count). The summed E-state index contributed by atoms with van der Waals surface area (Å²) in [5.41, 5.74) is 1.63. The smallest absolute Gasteiger partial charge is 0.158 e. The van der Waals surface area contributed by atoms with E-state index in [-0.39, 0.29) is 11.3 Å². The predicted octanol–water partition coefficient (Wildman–Crippen LogP) is 3.37. The van der Waals surface area contributed by atoms with E-state index in [1.165, 1.54) is 5.57 Å². The highest BCUT2D eigenvalue weighted by Gasteiger charge is 2.45. The molecule has 15 heavy (non-hydrogen) atoms. The topological polar surface area (TPSA) is 17.1 Å². The molecule has 82 valence electrons. The van der Waals surface area contributed by atoms with Gasteiger partial charge >= 0.3 is 0 Å². The normalized spacial score (nSPS) is 44.9. The number of carbonyl (C=O) groups excluding carboxylic acids is 1. The van der Waals surface area contributed by atoms with Gasteiger partial charge in [0.2, 0.25) is 0 Å². The highest BCUT2D eigenvalue weighted by molar-refractivity contribution is 5.93. The SMILES string of the molecule is CC1=CC(C)C2(C)C=CC(=O)C(C)C2C1. The van der Waals surface area contributed by atoms with Crippen LogP contribution in [0.15, 0.2) is 23.8 Å². The molecule has 0 N–H and O–H groups in total. The second kappa shape index (κ2) is 3.33. The van der Waals surface area contributed by atoms with Crippen molar-refractivity contribution in [2.75, 3.05) is 0 Å². The molecule has 0 saturated carbocycles. The maximum atomic E-state index is 11.7. The quantitative estimate of drug-likeness (QED) is 0.553. The van der Waals surface area contributed by atoms with Crippen molar-refractivity contribution in [1.29, 1.82) is 0 Å². The lowest BCUT2D eigenvalue weighted by atomic mass is 9.56. The molecule has 4 unspecified atom stereocenters. The van der Waals surface area contributed by atoms with Crippen LogP contribution in [-0.4, -0.2) is 5.78 Å². The molecule has 0 aromatic rings. The van der Waals surface area contributed by atoms with E-state index in [2.05, 4.69) is 39.8 Å². The molecule has 1 heteroatoms. The molecule has 0 amide bonds. The minimum atomic E-state index is 0.186. The number of hydrogen-bond acceptors (Lipinski definition) is 1. The number of allylic oxidation sites excluding steroid dienone is 4. The molecular weight excluding hydrogens is 184 g/mol. The fourth-order valence-electron chi connectivity index (χ4n) is 3.18. The average Bonchev–Trinajstić information content (AvgIpc) is 2.17. The fraction of sp³-hybridized carbons (Fsp3) is 0.643. The van der Waals surface area contributed by atoms with Crippen LogP contribution in [0.2, 0.25) is 0 Å². The second-order valence-corrected chi connectivity index (χ2v) is 5.50. The minimum Gasteiger partial charge on any atom is -0.295 e. The number of rotatable bonds is 0. The Hall–Kier alpha value is -0.850. The van der Waals surface area contributed by atoms with Gasteiger partial charge in [0.25, 0.3) is 0 Å². The molecule has 0 fully saturated rings. The Morgan fingerprint density at radius 2 is 2.07 bits per heavy atom. The third-order valence-corrected chi connectivity index (χ3v) is 4.52. The molecular formula is C14H20O. The molecule has 0 aliphatic heterocycles. The number of carbonyl (C=O) groups is 1. The summed E-state index contributed by atoms with van der Waals surface area (Å²) >= 11 is 0. The van der Waals surface area contributed by atoms with Gasteiger partial charge in [0.05, 0.1) is 0 Å². The predicted molar refractivity (Wildman–Crippen MR) is 62.4 cm³/mol. The van der Waals surface area contributed by atoms with Crippen molar-refractivity contribution in [3.8, 4) is 0 Å². The molecule has 0 aromatic heterocycles. The summed E-state index contributed by atoms with van der Waals surface area (Å²) in [7, 11) is 0. The van der Waals surface area contributed by atoms with Gasteiger partial charge in [0.15, 0.2) is 5.78 Å². The minimum absolute atomic E-state index is 0.186. The van der Waals surface area contributed by atoms with Gasteiger partial charge in [-0.05, 0) is 36.7 Å². The molecule has 0 heterocycles. The summed E-state index contributed by atoms with van der Waals surface area (Å²) in [6, 6.07) is 0. The first kappa shape index (κ1) is 10.7. The Bertz CT molecular complexity index is 350. The van der Waals surface area contributed by atoms with Crippen molar-refractivity contribution in [1.82, 2.24) is 0 Å². The maximum absolute atomic E-state index is 11.7. The van der Waals surface area contributed by atoms with Crippen LogP contribution < -0.4 is 0 Å². The van der Waals surface area contributed by atoms with Crippen LogP contribution in [0.4, 0.5) is 0 Å². The van der Waals surface area contributed by atoms with Gasteiger partial charge in [-0.25, -0.2) is 0 Å². The number of ketones is 1. The summed E-state index contributed by atoms with van der Waals surface area (Å²) in [5.74, 6) is 1.53. The first-order valence-corrected chi connectivity index (χ1v) is 5.85. The van der Waals surface area contributed by atoms with Crippen molar-refractivity contribution in [3.63, 3.8) is 0 Å². The molecule has 0 bridgehead atoms. The standard InChI is InChI=1S/C14H20O/c1-9-7-10(2)14(4)6-5-13(15)11(3)12(14)8-9/h5-7,10-12H,8H2,1-4H3. The van der Waals surface area contributed by atoms with E-state index in [1.54, 1.807) is 6.08 Å². The zero-order chi connectivity index (χ0) is 11.2. The van der Waals surface area contributed by atoms with E-state index in [4.69, 9.17) is 0 Å². The van der Waals surface area contributed by atoms with Gasteiger partial charge in [0, 0.05) is 5.92 Å². The molecule has 0 aromatic carbocycles. The van der Waals surface area contributed by atoms with Gasteiger partial charge in [-0.3, -0.25) is 4.79 Å². The molecule has 0 saturated heterocycles. The summed E-state index contributed by atoms with van der Waals surface area (Å²) < 4.78 is 0. The lowest BCUT2D eigenvalue weighted by Crippen LogP contribution is -2.43. The van der Waals surface area contributed by atoms with E-state index in [0.717, 1.165) is 6.42 Å².